The van der Waals surface area contributed by atoms with Gasteiger partial charge in [-0.3, -0.25) is 0 Å². The summed E-state index contributed by atoms with van der Waals surface area (Å²) < 4.78 is 0.611. The van der Waals surface area contributed by atoms with Gasteiger partial charge in [0.25, 0.3) is 0 Å². The van der Waals surface area contributed by atoms with Gasteiger partial charge in [-0.15, -0.1) is 0 Å². The molecular formula is C13H13AsN2O3. The van der Waals surface area contributed by atoms with E-state index in [9.17, 15) is 14.9 Å². The van der Waals surface area contributed by atoms with Crippen LogP contribution in [0.25, 0.3) is 0 Å². The van der Waals surface area contributed by atoms with E-state index in [-0.39, 0.29) is 18.1 Å². The Hall–Kier alpha value is -1.79. The third kappa shape index (κ3) is 1.93. The van der Waals surface area contributed by atoms with Gasteiger partial charge >= 0.3 is 119 Å². The first kappa shape index (κ1) is 13.6. The van der Waals surface area contributed by atoms with E-state index in [1.54, 1.807) is 6.07 Å². The molecular weight excluding hydrogens is 307 g/mol. The fourth-order valence-corrected chi connectivity index (χ4v) is 3.03. The quantitative estimate of drug-likeness (QED) is 0.336. The van der Waals surface area contributed by atoms with Crippen LogP contribution >= 0.6 is 0 Å². The molecule has 1 unspecified atom stereocenters. The molecule has 1 aromatic rings. The van der Waals surface area contributed by atoms with Crippen LogP contribution in [-0.4, -0.2) is 34.2 Å². The molecule has 0 bridgehead atoms. The van der Waals surface area contributed by atoms with Crippen molar-refractivity contribution in [2.75, 3.05) is 11.4 Å². The van der Waals surface area contributed by atoms with Gasteiger partial charge in [-0.2, -0.15) is 0 Å². The number of carbonyl (C=O) groups is 1. The van der Waals surface area contributed by atoms with Gasteiger partial charge in [-0.1, -0.05) is 0 Å². The predicted octanol–water partition coefficient (Wildman–Crippen LogP) is 0.111. The first-order chi connectivity index (χ1) is 8.80. The fraction of sp³-hybridized carbons (Fsp3) is 0.308. The Morgan fingerprint density at radius 1 is 1.53 bits per heavy atom. The molecule has 1 aromatic carbocycles. The molecule has 0 spiro atoms. The Morgan fingerprint density at radius 3 is 2.68 bits per heavy atom. The molecule has 1 heterocycles. The number of nitrogens with zero attached hydrogens (tertiary/aromatic N) is 2. The van der Waals surface area contributed by atoms with E-state index in [0.29, 0.717) is 10.0 Å². The standard InChI is InChI=1S/C13H13AsN2O3/c1-4-5-15-10-7-11(16(18)19)9(14)6-8(10)13(2,3)12(15)17/h1,6-7H,5,14H2,2-3H3. The van der Waals surface area contributed by atoms with Crippen molar-refractivity contribution in [3.63, 3.8) is 0 Å². The van der Waals surface area contributed by atoms with Crippen molar-refractivity contribution in [2.45, 2.75) is 19.3 Å². The summed E-state index contributed by atoms with van der Waals surface area (Å²) in [6.45, 7) is 3.74. The molecule has 1 atom stereocenters. The molecule has 0 aromatic heterocycles. The molecule has 2 rings (SSSR count). The minimum atomic E-state index is -0.692. The van der Waals surface area contributed by atoms with E-state index in [0.717, 1.165) is 5.56 Å². The number of fused-ring (bicyclic) bond motifs is 1. The van der Waals surface area contributed by atoms with Gasteiger partial charge in [0.1, 0.15) is 0 Å². The SMILES string of the molecule is C#CCN1C(=O)C(C)(C)c2cc([AsH2])c([N+](=O)[O-])cc21. The van der Waals surface area contributed by atoms with Crippen molar-refractivity contribution in [1.82, 2.24) is 0 Å². The van der Waals surface area contributed by atoms with Crippen molar-refractivity contribution in [1.29, 1.82) is 0 Å². The second-order valence-corrected chi connectivity index (χ2v) is 6.21. The zero-order chi connectivity index (χ0) is 14.4. The third-order valence-electron chi connectivity index (χ3n) is 3.34. The zero-order valence-electron chi connectivity index (χ0n) is 10.6. The Kier molecular flexibility index (Phi) is 3.15. The molecule has 19 heavy (non-hydrogen) atoms. The molecule has 6 heteroatoms. The second kappa shape index (κ2) is 4.39. The number of amides is 1. The molecule has 5 nitrogen and oxygen atoms in total. The summed E-state index contributed by atoms with van der Waals surface area (Å²) in [5.41, 5.74) is 0.701. The van der Waals surface area contributed by atoms with Gasteiger partial charge in [0.15, 0.2) is 0 Å². The summed E-state index contributed by atoms with van der Waals surface area (Å²) in [6, 6.07) is 3.19. The number of rotatable bonds is 2. The molecule has 1 aliphatic heterocycles. The number of hydrogen-bond donors (Lipinski definition) is 0. The third-order valence-corrected chi connectivity index (χ3v) is 4.31. The topological polar surface area (TPSA) is 63.5 Å². The van der Waals surface area contributed by atoms with Crippen LogP contribution in [-0.2, 0) is 10.2 Å². The van der Waals surface area contributed by atoms with E-state index < -0.39 is 10.3 Å². The number of anilines is 1. The van der Waals surface area contributed by atoms with Crippen LogP contribution in [0, 0.1) is 22.5 Å². The molecule has 1 aliphatic rings. The predicted molar refractivity (Wildman–Crippen MR) is 75.5 cm³/mol. The van der Waals surface area contributed by atoms with Crippen molar-refractivity contribution in [3.05, 3.63) is 27.8 Å². The Labute approximate surface area is 119 Å². The Morgan fingerprint density at radius 2 is 2.16 bits per heavy atom. The summed E-state index contributed by atoms with van der Waals surface area (Å²) in [5, 5.41) is 11.0. The van der Waals surface area contributed by atoms with Crippen LogP contribution in [0.3, 0.4) is 0 Å². The van der Waals surface area contributed by atoms with Crippen molar-refractivity contribution < 1.29 is 9.72 Å². The molecule has 1 amide bonds. The van der Waals surface area contributed by atoms with Gasteiger partial charge in [0, 0.05) is 0 Å². The maximum absolute atomic E-state index is 12.3. The van der Waals surface area contributed by atoms with Crippen LogP contribution in [0.4, 0.5) is 11.4 Å². The summed E-state index contributed by atoms with van der Waals surface area (Å²) in [7, 11) is 0. The van der Waals surface area contributed by atoms with Crippen molar-refractivity contribution in [2.24, 2.45) is 0 Å². The molecule has 0 saturated heterocycles. The molecule has 0 saturated carbocycles. The molecule has 98 valence electrons. The molecule has 0 aliphatic carbocycles. The first-order valence-corrected chi connectivity index (χ1v) is 6.85. The molecule has 0 N–H and O–H groups in total. The van der Waals surface area contributed by atoms with Crippen molar-refractivity contribution in [3.8, 4) is 12.3 Å². The summed E-state index contributed by atoms with van der Waals surface area (Å²) in [4.78, 5) is 24.3. The van der Waals surface area contributed by atoms with Gasteiger partial charge in [-0.25, -0.2) is 0 Å². The monoisotopic (exact) mass is 320 g/mol. The zero-order valence-corrected chi connectivity index (χ0v) is 13.1. The summed E-state index contributed by atoms with van der Waals surface area (Å²) >= 11 is 1.17. The fourth-order valence-electron chi connectivity index (χ4n) is 2.29. The molecule has 0 radical (unpaired) electrons. The Bertz CT molecular complexity index is 632. The summed E-state index contributed by atoms with van der Waals surface area (Å²) in [6.07, 6.45) is 5.27. The number of hydrogen-bond acceptors (Lipinski definition) is 3. The van der Waals surface area contributed by atoms with E-state index >= 15 is 0 Å². The molecule has 0 fully saturated rings. The van der Waals surface area contributed by atoms with Crippen LogP contribution in [0.2, 0.25) is 0 Å². The van der Waals surface area contributed by atoms with Crippen LogP contribution in [0.15, 0.2) is 12.1 Å². The van der Waals surface area contributed by atoms with Gasteiger partial charge in [0.05, 0.1) is 0 Å². The van der Waals surface area contributed by atoms with E-state index in [4.69, 9.17) is 6.42 Å². The first-order valence-electron chi connectivity index (χ1n) is 5.64. The minimum absolute atomic E-state index is 0.0336. The van der Waals surface area contributed by atoms with E-state index in [1.807, 2.05) is 13.8 Å². The van der Waals surface area contributed by atoms with E-state index in [1.165, 1.54) is 27.8 Å². The average Bonchev–Trinajstić information content (AvgIpc) is 2.50. The number of nitro benzene ring substituents is 1. The second-order valence-electron chi connectivity index (χ2n) is 4.91. The van der Waals surface area contributed by atoms with E-state index in [2.05, 4.69) is 5.92 Å². The average molecular weight is 320 g/mol. The van der Waals surface area contributed by atoms with Crippen LogP contribution in [0.1, 0.15) is 19.4 Å². The number of terminal acetylenes is 1. The number of carbonyl (C=O) groups excluding carboxylic acids is 1. The number of benzene rings is 1. The van der Waals surface area contributed by atoms with Crippen LogP contribution < -0.4 is 9.25 Å². The van der Waals surface area contributed by atoms with Gasteiger partial charge < -0.3 is 0 Å². The van der Waals surface area contributed by atoms with Crippen molar-refractivity contribution >= 4 is 38.5 Å². The van der Waals surface area contributed by atoms with Crippen LogP contribution in [0.5, 0.6) is 0 Å². The van der Waals surface area contributed by atoms with Gasteiger partial charge in [0.2, 0.25) is 0 Å². The summed E-state index contributed by atoms with van der Waals surface area (Å²) in [5.74, 6) is 2.30. The normalized spacial score (nSPS) is 16.1. The van der Waals surface area contributed by atoms with Gasteiger partial charge in [-0.05, 0) is 0 Å². The number of nitro groups is 1. The maximum atomic E-state index is 12.3. The Balaban J connectivity index is 2.70.